The third-order valence-corrected chi connectivity index (χ3v) is 4.43. The van der Waals surface area contributed by atoms with E-state index in [1.807, 2.05) is 20.8 Å². The highest BCUT2D eigenvalue weighted by Crippen LogP contribution is 2.06. The van der Waals surface area contributed by atoms with Crippen molar-refractivity contribution in [2.45, 2.75) is 64.9 Å². The Hall–Kier alpha value is -1.38. The summed E-state index contributed by atoms with van der Waals surface area (Å²) in [6, 6.07) is 0. The maximum Gasteiger partial charge on any atom is 0.407 e. The zero-order chi connectivity index (χ0) is 21.4. The first-order valence-electron chi connectivity index (χ1n) is 11.0. The minimum atomic E-state index is -0.490. The fourth-order valence-corrected chi connectivity index (χ4v) is 2.98. The van der Waals surface area contributed by atoms with Crippen molar-refractivity contribution in [3.63, 3.8) is 0 Å². The molecule has 8 heteroatoms. The molecule has 2 amide bonds. The molecule has 1 saturated heterocycles. The van der Waals surface area contributed by atoms with Gasteiger partial charge in [0.1, 0.15) is 5.60 Å². The molecule has 1 aliphatic heterocycles. The van der Waals surface area contributed by atoms with E-state index < -0.39 is 11.7 Å². The summed E-state index contributed by atoms with van der Waals surface area (Å²) in [5.74, 6) is 0.151. The summed E-state index contributed by atoms with van der Waals surface area (Å²) in [7, 11) is 0. The van der Waals surface area contributed by atoms with Crippen LogP contribution in [0.5, 0.6) is 0 Å². The average molecular weight is 416 g/mol. The molecule has 1 fully saturated rings. The number of alkyl carbamates (subject to hydrolysis) is 1. The molecule has 0 aromatic rings. The van der Waals surface area contributed by atoms with Crippen LogP contribution in [0.4, 0.5) is 4.79 Å². The summed E-state index contributed by atoms with van der Waals surface area (Å²) in [6.07, 6.45) is 5.56. The number of carbonyl (C=O) groups is 2. The van der Waals surface area contributed by atoms with Crippen molar-refractivity contribution in [3.05, 3.63) is 0 Å². The number of unbranched alkanes of at least 4 members (excludes halogenated alkanes) is 2. The van der Waals surface area contributed by atoms with Crippen LogP contribution in [-0.2, 0) is 19.0 Å². The summed E-state index contributed by atoms with van der Waals surface area (Å²) in [4.78, 5) is 25.6. The Labute approximate surface area is 176 Å². The second-order valence-corrected chi connectivity index (χ2v) is 8.36. The van der Waals surface area contributed by atoms with Gasteiger partial charge in [-0.3, -0.25) is 4.79 Å². The second-order valence-electron chi connectivity index (χ2n) is 8.36. The molecule has 0 saturated carbocycles. The number of nitrogens with one attached hydrogen (secondary N) is 2. The number of rotatable bonds is 15. The number of likely N-dealkylation sites (tertiary alicyclic amines) is 1. The lowest BCUT2D eigenvalue weighted by Crippen LogP contribution is -2.34. The predicted molar refractivity (Wildman–Crippen MR) is 113 cm³/mol. The van der Waals surface area contributed by atoms with Crippen LogP contribution in [0.3, 0.4) is 0 Å². The van der Waals surface area contributed by atoms with E-state index in [4.69, 9.17) is 14.2 Å². The minimum Gasteiger partial charge on any atom is -0.444 e. The van der Waals surface area contributed by atoms with Crippen LogP contribution in [-0.4, -0.2) is 81.7 Å². The third-order valence-electron chi connectivity index (χ3n) is 4.43. The number of hydrogen-bond acceptors (Lipinski definition) is 6. The molecule has 0 unspecified atom stereocenters. The van der Waals surface area contributed by atoms with E-state index in [9.17, 15) is 9.59 Å². The fraction of sp³-hybridized carbons (Fsp3) is 0.905. The molecule has 0 aromatic carbocycles. The van der Waals surface area contributed by atoms with Gasteiger partial charge in [0.25, 0.3) is 0 Å². The van der Waals surface area contributed by atoms with Gasteiger partial charge >= 0.3 is 6.09 Å². The van der Waals surface area contributed by atoms with E-state index in [-0.39, 0.29) is 5.91 Å². The Morgan fingerprint density at radius 2 is 1.55 bits per heavy atom. The highest BCUT2D eigenvalue weighted by molar-refractivity contribution is 5.75. The number of carbonyl (C=O) groups excluding carboxylic acids is 2. The van der Waals surface area contributed by atoms with Crippen molar-refractivity contribution in [1.29, 1.82) is 0 Å². The van der Waals surface area contributed by atoms with Gasteiger partial charge < -0.3 is 29.7 Å². The molecule has 0 aromatic heterocycles. The molecule has 0 spiro atoms. The molecular formula is C21H41N3O5. The van der Waals surface area contributed by atoms with Crippen LogP contribution >= 0.6 is 0 Å². The van der Waals surface area contributed by atoms with Gasteiger partial charge in [-0.25, -0.2) is 4.79 Å². The maximum absolute atomic E-state index is 11.8. The van der Waals surface area contributed by atoms with Gasteiger partial charge in [-0.2, -0.15) is 0 Å². The molecule has 29 heavy (non-hydrogen) atoms. The molecule has 0 bridgehead atoms. The van der Waals surface area contributed by atoms with Crippen molar-refractivity contribution < 1.29 is 23.8 Å². The Morgan fingerprint density at radius 1 is 0.862 bits per heavy atom. The molecule has 1 aliphatic rings. The monoisotopic (exact) mass is 415 g/mol. The number of ether oxygens (including phenoxy) is 3. The molecule has 170 valence electrons. The Morgan fingerprint density at radius 3 is 2.24 bits per heavy atom. The summed E-state index contributed by atoms with van der Waals surface area (Å²) < 4.78 is 16.0. The van der Waals surface area contributed by atoms with Gasteiger partial charge in [-0.05, 0) is 59.5 Å². The molecule has 0 atom stereocenters. The van der Waals surface area contributed by atoms with Gasteiger partial charge in [0.2, 0.25) is 5.91 Å². The van der Waals surface area contributed by atoms with Gasteiger partial charge in [0.15, 0.2) is 0 Å². The van der Waals surface area contributed by atoms with E-state index in [0.717, 1.165) is 32.4 Å². The lowest BCUT2D eigenvalue weighted by atomic mass is 10.2. The van der Waals surface area contributed by atoms with E-state index in [1.54, 1.807) is 0 Å². The summed E-state index contributed by atoms with van der Waals surface area (Å²) in [5, 5.41) is 5.64. The lowest BCUT2D eigenvalue weighted by molar-refractivity contribution is -0.121. The summed E-state index contributed by atoms with van der Waals surface area (Å²) in [5.41, 5.74) is -0.490. The molecular weight excluding hydrogens is 374 g/mol. The van der Waals surface area contributed by atoms with E-state index in [0.29, 0.717) is 39.4 Å². The normalized spacial score (nSPS) is 14.7. The van der Waals surface area contributed by atoms with E-state index in [1.165, 1.54) is 25.9 Å². The molecule has 0 radical (unpaired) electrons. The molecule has 8 nitrogen and oxygen atoms in total. The first kappa shape index (κ1) is 25.7. The smallest absolute Gasteiger partial charge is 0.407 e. The van der Waals surface area contributed by atoms with Gasteiger partial charge in [-0.1, -0.05) is 6.42 Å². The average Bonchev–Trinajstić information content (AvgIpc) is 3.14. The van der Waals surface area contributed by atoms with E-state index >= 15 is 0 Å². The minimum absolute atomic E-state index is 0.151. The van der Waals surface area contributed by atoms with Crippen LogP contribution < -0.4 is 10.6 Å². The third kappa shape index (κ3) is 16.1. The molecule has 0 aliphatic carbocycles. The number of amides is 2. The van der Waals surface area contributed by atoms with Crippen LogP contribution in [0.1, 0.15) is 59.3 Å². The zero-order valence-electron chi connectivity index (χ0n) is 18.6. The first-order valence-corrected chi connectivity index (χ1v) is 11.0. The van der Waals surface area contributed by atoms with Crippen LogP contribution in [0.25, 0.3) is 0 Å². The standard InChI is InChI=1S/C21H41N3O5/c1-21(2,3)29-20(26)23-11-16-28-18-17-27-15-8-4-5-9-19(25)22-10-14-24-12-6-7-13-24/h4-18H2,1-3H3,(H,22,25)(H,23,26). The van der Waals surface area contributed by atoms with Gasteiger partial charge in [-0.15, -0.1) is 0 Å². The molecule has 2 N–H and O–H groups in total. The van der Waals surface area contributed by atoms with Crippen LogP contribution in [0.15, 0.2) is 0 Å². The quantitative estimate of drug-likeness (QED) is 0.399. The van der Waals surface area contributed by atoms with Crippen molar-refractivity contribution in [1.82, 2.24) is 15.5 Å². The maximum atomic E-state index is 11.8. The Balaban J connectivity index is 1.77. The summed E-state index contributed by atoms with van der Waals surface area (Å²) >= 11 is 0. The second kappa shape index (κ2) is 15.5. The highest BCUT2D eigenvalue weighted by Gasteiger charge is 2.15. The topological polar surface area (TPSA) is 89.1 Å². The first-order chi connectivity index (χ1) is 13.9. The van der Waals surface area contributed by atoms with Crippen molar-refractivity contribution in [2.75, 3.05) is 59.2 Å². The van der Waals surface area contributed by atoms with Gasteiger partial charge in [0.05, 0.1) is 19.8 Å². The highest BCUT2D eigenvalue weighted by atomic mass is 16.6. The van der Waals surface area contributed by atoms with Crippen LogP contribution in [0.2, 0.25) is 0 Å². The van der Waals surface area contributed by atoms with Crippen molar-refractivity contribution in [2.24, 2.45) is 0 Å². The fourth-order valence-electron chi connectivity index (χ4n) is 2.98. The zero-order valence-corrected chi connectivity index (χ0v) is 18.6. The SMILES string of the molecule is CC(C)(C)OC(=O)NCCOCCOCCCCCC(=O)NCCN1CCCC1. The predicted octanol–water partition coefficient (Wildman–Crippen LogP) is 2.32. The number of nitrogens with zero attached hydrogens (tertiary/aromatic N) is 1. The lowest BCUT2D eigenvalue weighted by Gasteiger charge is -2.19. The molecule has 1 heterocycles. The largest absolute Gasteiger partial charge is 0.444 e. The Bertz CT molecular complexity index is 448. The van der Waals surface area contributed by atoms with Crippen molar-refractivity contribution in [3.8, 4) is 0 Å². The van der Waals surface area contributed by atoms with E-state index in [2.05, 4.69) is 15.5 Å². The van der Waals surface area contributed by atoms with Crippen molar-refractivity contribution >= 4 is 12.0 Å². The summed E-state index contributed by atoms with van der Waals surface area (Å²) in [6.45, 7) is 12.1. The van der Waals surface area contributed by atoms with Gasteiger partial charge in [0, 0.05) is 32.7 Å². The molecule has 1 rings (SSSR count). The van der Waals surface area contributed by atoms with Crippen LogP contribution in [0, 0.1) is 0 Å². The number of hydrogen-bond donors (Lipinski definition) is 2. The Kier molecular flexibility index (Phi) is 13.7.